The number of hydrogen-bond donors (Lipinski definition) is 0. The first kappa shape index (κ1) is 27.0. The van der Waals surface area contributed by atoms with Gasteiger partial charge in [0.1, 0.15) is 11.5 Å². The van der Waals surface area contributed by atoms with Gasteiger partial charge in [0, 0.05) is 11.1 Å². The van der Waals surface area contributed by atoms with E-state index in [1.165, 1.54) is 7.11 Å². The van der Waals surface area contributed by atoms with Gasteiger partial charge in [0.2, 0.25) is 0 Å². The van der Waals surface area contributed by atoms with Gasteiger partial charge in [-0.3, -0.25) is 9.59 Å². The predicted octanol–water partition coefficient (Wildman–Crippen LogP) is 7.95. The van der Waals surface area contributed by atoms with Crippen molar-refractivity contribution in [2.75, 3.05) is 14.2 Å². The standard InChI is InChI=1S/C28H28Br2O5/c1-15(2)20-13-25(21(14-24(20)33-5)26(31)18-9-7-8-16(3)10-18)35-27-22(29)11-19(12-23(27)30)17(4)28(32)34-6/h7-15,17H,1-6H3. The summed E-state index contributed by atoms with van der Waals surface area (Å²) in [6.07, 6.45) is 0. The number of halogens is 2. The Kier molecular flexibility index (Phi) is 8.78. The second-order valence-electron chi connectivity index (χ2n) is 8.60. The summed E-state index contributed by atoms with van der Waals surface area (Å²) in [5, 5.41) is 0. The normalized spacial score (nSPS) is 11.8. The summed E-state index contributed by atoms with van der Waals surface area (Å²) in [5.74, 6) is 0.726. The average molecular weight is 604 g/mol. The van der Waals surface area contributed by atoms with Gasteiger partial charge < -0.3 is 14.2 Å². The Bertz CT molecular complexity index is 1240. The number of benzene rings is 3. The van der Waals surface area contributed by atoms with Crippen LogP contribution < -0.4 is 9.47 Å². The van der Waals surface area contributed by atoms with E-state index in [1.807, 2.05) is 43.3 Å². The van der Waals surface area contributed by atoms with Crippen LogP contribution in [0.15, 0.2) is 57.5 Å². The van der Waals surface area contributed by atoms with E-state index in [1.54, 1.807) is 26.2 Å². The van der Waals surface area contributed by atoms with Gasteiger partial charge >= 0.3 is 5.97 Å². The van der Waals surface area contributed by atoms with E-state index in [9.17, 15) is 9.59 Å². The van der Waals surface area contributed by atoms with Crippen molar-refractivity contribution >= 4 is 43.6 Å². The van der Waals surface area contributed by atoms with Crippen LogP contribution in [0.4, 0.5) is 0 Å². The fraction of sp³-hybridized carbons (Fsp3) is 0.286. The number of carbonyl (C=O) groups excluding carboxylic acids is 2. The molecule has 0 aliphatic rings. The molecule has 184 valence electrons. The summed E-state index contributed by atoms with van der Waals surface area (Å²) in [6, 6.07) is 14.7. The van der Waals surface area contributed by atoms with Crippen LogP contribution in [0.1, 0.15) is 65.2 Å². The summed E-state index contributed by atoms with van der Waals surface area (Å²) in [4.78, 5) is 25.6. The fourth-order valence-corrected chi connectivity index (χ4v) is 5.14. The van der Waals surface area contributed by atoms with Crippen molar-refractivity contribution in [3.05, 3.63) is 85.3 Å². The predicted molar refractivity (Wildman–Crippen MR) is 144 cm³/mol. The number of aryl methyl sites for hydroxylation is 1. The van der Waals surface area contributed by atoms with Crippen molar-refractivity contribution in [2.45, 2.75) is 39.5 Å². The molecule has 0 heterocycles. The van der Waals surface area contributed by atoms with Gasteiger partial charge in [0.25, 0.3) is 0 Å². The third-order valence-corrected chi connectivity index (χ3v) is 6.94. The summed E-state index contributed by atoms with van der Waals surface area (Å²) < 4.78 is 18.1. The molecule has 35 heavy (non-hydrogen) atoms. The van der Waals surface area contributed by atoms with Gasteiger partial charge in [0.15, 0.2) is 11.5 Å². The van der Waals surface area contributed by atoms with Crippen molar-refractivity contribution in [1.82, 2.24) is 0 Å². The van der Waals surface area contributed by atoms with E-state index >= 15 is 0 Å². The van der Waals surface area contributed by atoms with E-state index in [4.69, 9.17) is 14.2 Å². The maximum absolute atomic E-state index is 13.6. The van der Waals surface area contributed by atoms with Gasteiger partial charge in [-0.05, 0) is 87.5 Å². The van der Waals surface area contributed by atoms with E-state index < -0.39 is 5.92 Å². The lowest BCUT2D eigenvalue weighted by atomic mass is 9.95. The molecule has 1 unspecified atom stereocenters. The maximum atomic E-state index is 13.6. The van der Waals surface area contributed by atoms with Crippen molar-refractivity contribution in [2.24, 2.45) is 0 Å². The molecule has 1 atom stereocenters. The SMILES string of the molecule is COC(=O)C(C)c1cc(Br)c(Oc2cc(C(C)C)c(OC)cc2C(=O)c2cccc(C)c2)c(Br)c1. The molecule has 0 aliphatic heterocycles. The molecule has 0 bridgehead atoms. The molecule has 3 rings (SSSR count). The topological polar surface area (TPSA) is 61.8 Å². The van der Waals surface area contributed by atoms with E-state index in [0.717, 1.165) is 16.7 Å². The minimum atomic E-state index is -0.450. The van der Waals surface area contributed by atoms with Crippen LogP contribution >= 0.6 is 31.9 Å². The van der Waals surface area contributed by atoms with Gasteiger partial charge in [-0.25, -0.2) is 0 Å². The highest BCUT2D eigenvalue weighted by Crippen LogP contribution is 2.43. The number of ketones is 1. The molecular weight excluding hydrogens is 576 g/mol. The first-order chi connectivity index (χ1) is 16.6. The zero-order valence-corrected chi connectivity index (χ0v) is 23.7. The Morgan fingerprint density at radius 3 is 2.09 bits per heavy atom. The summed E-state index contributed by atoms with van der Waals surface area (Å²) >= 11 is 7.14. The molecule has 5 nitrogen and oxygen atoms in total. The van der Waals surface area contributed by atoms with Crippen molar-refractivity contribution < 1.29 is 23.8 Å². The minimum absolute atomic E-state index is 0.144. The van der Waals surface area contributed by atoms with Gasteiger partial charge in [0.05, 0.1) is 34.6 Å². The number of methoxy groups -OCH3 is 2. The second kappa shape index (κ2) is 11.4. The lowest BCUT2D eigenvalue weighted by Crippen LogP contribution is -2.11. The zero-order chi connectivity index (χ0) is 25.9. The molecule has 0 amide bonds. The third-order valence-electron chi connectivity index (χ3n) is 5.77. The quantitative estimate of drug-likeness (QED) is 0.193. The van der Waals surface area contributed by atoms with Crippen LogP contribution in [0.25, 0.3) is 0 Å². The minimum Gasteiger partial charge on any atom is -0.496 e. The first-order valence-corrected chi connectivity index (χ1v) is 12.7. The number of rotatable bonds is 8. The molecule has 3 aromatic rings. The lowest BCUT2D eigenvalue weighted by Gasteiger charge is -2.20. The zero-order valence-electron chi connectivity index (χ0n) is 20.6. The monoisotopic (exact) mass is 602 g/mol. The highest BCUT2D eigenvalue weighted by atomic mass is 79.9. The molecule has 0 radical (unpaired) electrons. The molecule has 3 aromatic carbocycles. The van der Waals surface area contributed by atoms with Crippen LogP contribution in [0.5, 0.6) is 17.2 Å². The van der Waals surface area contributed by atoms with Crippen LogP contribution in [-0.4, -0.2) is 26.0 Å². The van der Waals surface area contributed by atoms with Crippen LogP contribution in [0, 0.1) is 6.92 Å². The van der Waals surface area contributed by atoms with Crippen LogP contribution in [-0.2, 0) is 9.53 Å². The summed E-state index contributed by atoms with van der Waals surface area (Å²) in [7, 11) is 2.96. The number of hydrogen-bond acceptors (Lipinski definition) is 5. The molecule has 0 N–H and O–H groups in total. The molecular formula is C28H28Br2O5. The number of esters is 1. The third kappa shape index (κ3) is 5.96. The van der Waals surface area contributed by atoms with E-state index in [0.29, 0.717) is 37.3 Å². The Labute approximate surface area is 223 Å². The Morgan fingerprint density at radius 1 is 0.886 bits per heavy atom. The largest absolute Gasteiger partial charge is 0.496 e. The number of carbonyl (C=O) groups is 2. The Morgan fingerprint density at radius 2 is 1.54 bits per heavy atom. The molecule has 0 fully saturated rings. The smallest absolute Gasteiger partial charge is 0.312 e. The molecule has 7 heteroatoms. The van der Waals surface area contributed by atoms with Gasteiger partial charge in [-0.1, -0.05) is 37.6 Å². The molecule has 0 aromatic heterocycles. The molecule has 0 aliphatic carbocycles. The van der Waals surface area contributed by atoms with Gasteiger partial charge in [-0.2, -0.15) is 0 Å². The molecule has 0 spiro atoms. The van der Waals surface area contributed by atoms with Crippen molar-refractivity contribution in [3.63, 3.8) is 0 Å². The average Bonchev–Trinajstić information content (AvgIpc) is 2.84. The van der Waals surface area contributed by atoms with Gasteiger partial charge in [-0.15, -0.1) is 0 Å². The Hall–Kier alpha value is -2.64. The van der Waals surface area contributed by atoms with E-state index in [-0.39, 0.29) is 17.7 Å². The first-order valence-electron chi connectivity index (χ1n) is 11.1. The van der Waals surface area contributed by atoms with Crippen LogP contribution in [0.3, 0.4) is 0 Å². The fourth-order valence-electron chi connectivity index (χ4n) is 3.76. The maximum Gasteiger partial charge on any atom is 0.312 e. The highest BCUT2D eigenvalue weighted by molar-refractivity contribution is 9.11. The molecule has 0 saturated carbocycles. The lowest BCUT2D eigenvalue weighted by molar-refractivity contribution is -0.142. The summed E-state index contributed by atoms with van der Waals surface area (Å²) in [6.45, 7) is 7.83. The summed E-state index contributed by atoms with van der Waals surface area (Å²) in [5.41, 5.74) is 3.63. The highest BCUT2D eigenvalue weighted by Gasteiger charge is 2.24. The van der Waals surface area contributed by atoms with Crippen molar-refractivity contribution in [1.29, 1.82) is 0 Å². The van der Waals surface area contributed by atoms with E-state index in [2.05, 4.69) is 45.7 Å². The molecule has 0 saturated heterocycles. The Balaban J connectivity index is 2.14. The number of ether oxygens (including phenoxy) is 3. The second-order valence-corrected chi connectivity index (χ2v) is 10.3. The van der Waals surface area contributed by atoms with Crippen molar-refractivity contribution in [3.8, 4) is 17.2 Å². The van der Waals surface area contributed by atoms with Crippen LogP contribution in [0.2, 0.25) is 0 Å².